The van der Waals surface area contributed by atoms with Crippen LogP contribution in [0.3, 0.4) is 0 Å². The highest BCUT2D eigenvalue weighted by atomic mass is 32.2. The molecule has 1 aromatic carbocycles. The minimum atomic E-state index is -8.12. The maximum atomic E-state index is 14.0. The fraction of sp³-hybridized carbons (Fsp3) is 0.786. The second-order valence-corrected chi connectivity index (χ2v) is 14.0. The number of hydrogen-bond donors (Lipinski definition) is 0. The zero-order valence-corrected chi connectivity index (χ0v) is 29.7. The van der Waals surface area contributed by atoms with Gasteiger partial charge in [-0.05, 0) is 43.4 Å². The molecule has 0 unspecified atom stereocenters. The lowest BCUT2D eigenvalue weighted by molar-refractivity contribution is -0.440. The molecule has 0 bridgehead atoms. The molecular weight excluding hydrogens is 942 g/mol. The second kappa shape index (κ2) is 17.2. The molecule has 0 aromatic heterocycles. The van der Waals surface area contributed by atoms with E-state index in [0.717, 1.165) is 12.1 Å². The van der Waals surface area contributed by atoms with Crippen molar-refractivity contribution < 1.29 is 136 Å². The summed E-state index contributed by atoms with van der Waals surface area (Å²) in [6.45, 7) is -2.91. The smallest absolute Gasteiger partial charge is 0.460 e. The Kier molecular flexibility index (Phi) is 15.8. The third kappa shape index (κ3) is 10.6. The monoisotopic (exact) mass is 966 g/mol. The number of hydrogen-bond acceptors (Lipinski definition) is 5. The van der Waals surface area contributed by atoms with Crippen molar-refractivity contribution in [2.75, 3.05) is 19.5 Å². The van der Waals surface area contributed by atoms with Gasteiger partial charge in [-0.25, -0.2) is 0 Å². The van der Waals surface area contributed by atoms with Gasteiger partial charge in [0, 0.05) is 18.9 Å². The van der Waals surface area contributed by atoms with E-state index < -0.39 is 152 Å². The van der Waals surface area contributed by atoms with Crippen LogP contribution in [-0.2, 0) is 20.9 Å². The van der Waals surface area contributed by atoms with E-state index in [1.54, 1.807) is 0 Å². The van der Waals surface area contributed by atoms with Crippen LogP contribution in [0.4, 0.5) is 114 Å². The van der Waals surface area contributed by atoms with E-state index in [0.29, 0.717) is 12.3 Å². The average molecular weight is 967 g/mol. The summed E-state index contributed by atoms with van der Waals surface area (Å²) in [6, 6.07) is 2.36. The van der Waals surface area contributed by atoms with Gasteiger partial charge in [0.2, 0.25) is 0 Å². The Morgan fingerprint density at radius 2 is 0.700 bits per heavy atom. The molecule has 0 N–H and O–H groups in total. The Morgan fingerprint density at radius 1 is 0.417 bits per heavy atom. The highest BCUT2D eigenvalue weighted by molar-refractivity contribution is 7.85. The van der Waals surface area contributed by atoms with Gasteiger partial charge in [0.25, 0.3) is 10.1 Å². The van der Waals surface area contributed by atoms with Crippen LogP contribution < -0.4 is 9.47 Å². The van der Waals surface area contributed by atoms with Crippen molar-refractivity contribution in [2.24, 2.45) is 0 Å². The summed E-state index contributed by atoms with van der Waals surface area (Å²) >= 11 is 0. The molecule has 32 heteroatoms. The molecule has 1 aromatic rings. The molecule has 1 rings (SSSR count). The highest BCUT2D eigenvalue weighted by Gasteiger charge is 2.92. The molecule has 0 amide bonds. The molecular formula is C28H24F26O5S. The molecule has 0 heterocycles. The number of unbranched alkanes of at least 4 members (excludes halogenated alkanes) is 2. The van der Waals surface area contributed by atoms with Gasteiger partial charge < -0.3 is 9.47 Å². The molecule has 0 fully saturated rings. The SMILES string of the molecule is CS(=O)(=O)OCc1cc(OCCCCC(F)(F)C(F)(F)C(F)(F)C(F)(F)C(F)(F)C(F)(F)F)cc(OCCCCC(F)(F)C(F)(F)C(F)(F)C(F)(F)C(F)(F)C(F)(F)F)c1. The van der Waals surface area contributed by atoms with E-state index in [4.69, 9.17) is 9.47 Å². The van der Waals surface area contributed by atoms with Crippen LogP contribution in [0.5, 0.6) is 11.5 Å². The first-order valence-corrected chi connectivity index (χ1v) is 17.2. The zero-order valence-electron chi connectivity index (χ0n) is 28.9. The summed E-state index contributed by atoms with van der Waals surface area (Å²) < 4.78 is 382. The van der Waals surface area contributed by atoms with Crippen molar-refractivity contribution >= 4 is 10.1 Å². The first-order valence-electron chi connectivity index (χ1n) is 15.4. The Hall–Kier alpha value is -3.09. The van der Waals surface area contributed by atoms with E-state index >= 15 is 0 Å². The molecule has 0 saturated carbocycles. The Morgan fingerprint density at radius 3 is 0.967 bits per heavy atom. The number of halogens is 26. The molecule has 0 saturated heterocycles. The highest BCUT2D eigenvalue weighted by Crippen LogP contribution is 2.62. The Labute approximate surface area is 318 Å². The lowest BCUT2D eigenvalue weighted by atomic mass is 9.92. The van der Waals surface area contributed by atoms with Crippen LogP contribution >= 0.6 is 0 Å². The maximum absolute atomic E-state index is 14.0. The van der Waals surface area contributed by atoms with Crippen molar-refractivity contribution in [3.8, 4) is 11.5 Å². The minimum Gasteiger partial charge on any atom is -0.493 e. The van der Waals surface area contributed by atoms with Crippen molar-refractivity contribution in [3.63, 3.8) is 0 Å². The van der Waals surface area contributed by atoms with Gasteiger partial charge in [-0.15, -0.1) is 0 Å². The molecule has 0 spiro atoms. The van der Waals surface area contributed by atoms with Gasteiger partial charge in [-0.2, -0.15) is 123 Å². The maximum Gasteiger partial charge on any atom is 0.460 e. The molecule has 0 radical (unpaired) electrons. The number of ether oxygens (including phenoxy) is 2. The second-order valence-electron chi connectivity index (χ2n) is 12.4. The van der Waals surface area contributed by atoms with Gasteiger partial charge in [0.15, 0.2) is 0 Å². The number of benzene rings is 1. The normalized spacial score (nSPS) is 15.4. The standard InChI is InChI=1S/C28H24F26O5S/c1-60(55,56)59-13-14-10-15(57-8-4-2-6-17(29,30)19(33,34)21(37,38)23(41,42)25(45,46)27(49,50)51)12-16(11-14)58-9-5-3-7-18(31,32)20(35,36)22(39,40)24(43,44)26(47,48)28(52,53)54/h10-12H,2-9,13H2,1H3. The summed E-state index contributed by atoms with van der Waals surface area (Å²) in [6.07, 6.45) is -24.8. The van der Waals surface area contributed by atoms with E-state index in [1.807, 2.05) is 0 Å². The molecule has 0 aliphatic heterocycles. The zero-order chi connectivity index (χ0) is 47.8. The minimum absolute atomic E-state index is 0.317. The van der Waals surface area contributed by atoms with Crippen LogP contribution in [-0.4, -0.2) is 99.5 Å². The largest absolute Gasteiger partial charge is 0.493 e. The third-order valence-electron chi connectivity index (χ3n) is 7.68. The quantitative estimate of drug-likeness (QED) is 0.0621. The van der Waals surface area contributed by atoms with Crippen molar-refractivity contribution in [1.29, 1.82) is 0 Å². The van der Waals surface area contributed by atoms with Gasteiger partial charge in [-0.3, -0.25) is 4.18 Å². The molecule has 0 aliphatic carbocycles. The molecule has 0 atom stereocenters. The Bertz CT molecular complexity index is 1600. The van der Waals surface area contributed by atoms with Crippen molar-refractivity contribution in [1.82, 2.24) is 0 Å². The topological polar surface area (TPSA) is 61.8 Å². The van der Waals surface area contributed by atoms with Crippen LogP contribution in [0, 0.1) is 0 Å². The fourth-order valence-electron chi connectivity index (χ4n) is 4.25. The average Bonchev–Trinajstić information content (AvgIpc) is 3.04. The summed E-state index contributed by atoms with van der Waals surface area (Å²) in [4.78, 5) is 0. The van der Waals surface area contributed by atoms with E-state index in [1.165, 1.54) is 0 Å². The molecule has 354 valence electrons. The van der Waals surface area contributed by atoms with Crippen LogP contribution in [0.25, 0.3) is 0 Å². The fourth-order valence-corrected chi connectivity index (χ4v) is 4.60. The summed E-state index contributed by atoms with van der Waals surface area (Å²) in [5.74, 6) is -77.2. The Balaban J connectivity index is 3.07. The van der Waals surface area contributed by atoms with E-state index in [-0.39, 0.29) is 5.56 Å². The lowest BCUT2D eigenvalue weighted by Gasteiger charge is -2.39. The summed E-state index contributed by atoms with van der Waals surface area (Å²) in [5.41, 5.74) is -0.317. The van der Waals surface area contributed by atoms with E-state index in [2.05, 4.69) is 4.18 Å². The first kappa shape index (κ1) is 54.9. The number of alkyl halides is 26. The summed E-state index contributed by atoms with van der Waals surface area (Å²) in [7, 11) is -4.26. The van der Waals surface area contributed by atoms with Gasteiger partial charge >= 0.3 is 71.6 Å². The van der Waals surface area contributed by atoms with Crippen LogP contribution in [0.15, 0.2) is 18.2 Å². The third-order valence-corrected chi connectivity index (χ3v) is 8.23. The van der Waals surface area contributed by atoms with Crippen LogP contribution in [0.2, 0.25) is 0 Å². The van der Waals surface area contributed by atoms with Crippen LogP contribution in [0.1, 0.15) is 44.1 Å². The van der Waals surface area contributed by atoms with Gasteiger partial charge in [0.05, 0.1) is 26.1 Å². The molecule has 0 aliphatic rings. The summed E-state index contributed by atoms with van der Waals surface area (Å²) in [5, 5.41) is 0. The van der Waals surface area contributed by atoms with Crippen molar-refractivity contribution in [2.45, 2.75) is 117 Å². The first-order chi connectivity index (χ1) is 26.2. The predicted molar refractivity (Wildman–Crippen MR) is 146 cm³/mol. The number of rotatable bonds is 23. The van der Waals surface area contributed by atoms with E-state index in [9.17, 15) is 123 Å². The van der Waals surface area contributed by atoms with Crippen molar-refractivity contribution in [3.05, 3.63) is 23.8 Å². The predicted octanol–water partition coefficient (Wildman–Crippen LogP) is 11.7. The van der Waals surface area contributed by atoms with Gasteiger partial charge in [-0.1, -0.05) is 0 Å². The molecule has 5 nitrogen and oxygen atoms in total. The lowest BCUT2D eigenvalue weighted by Crippen LogP contribution is -2.70. The van der Waals surface area contributed by atoms with Gasteiger partial charge in [0.1, 0.15) is 11.5 Å². The molecule has 60 heavy (non-hydrogen) atoms.